The molecule has 0 spiro atoms. The maximum atomic E-state index is 6.12. The Morgan fingerprint density at radius 3 is 2.86 bits per heavy atom. The van der Waals surface area contributed by atoms with Gasteiger partial charge in [-0.25, -0.2) is 0 Å². The molecule has 1 aliphatic heterocycles. The van der Waals surface area contributed by atoms with E-state index in [1.54, 1.807) is 18.4 Å². The molecule has 0 saturated carbocycles. The van der Waals surface area contributed by atoms with Crippen LogP contribution in [0.1, 0.15) is 22.4 Å². The van der Waals surface area contributed by atoms with E-state index in [0.29, 0.717) is 19.1 Å². The number of thiophene rings is 1. The highest BCUT2D eigenvalue weighted by Crippen LogP contribution is 2.23. The number of aliphatic imine (C=N–C) groups is 1. The first-order valence-corrected chi connectivity index (χ1v) is 10.8. The lowest BCUT2D eigenvalue weighted by atomic mass is 10.1. The van der Waals surface area contributed by atoms with Gasteiger partial charge < -0.3 is 20.1 Å². The molecule has 5 nitrogen and oxygen atoms in total. The number of nitrogens with zero attached hydrogens (tertiary/aromatic N) is 1. The highest BCUT2D eigenvalue weighted by atomic mass is 127. The monoisotopic (exact) mass is 549 g/mol. The lowest BCUT2D eigenvalue weighted by molar-refractivity contribution is 0.166. The summed E-state index contributed by atoms with van der Waals surface area (Å²) in [5.41, 5.74) is 2.32. The zero-order chi connectivity index (χ0) is 19.8. The molecule has 2 N–H and O–H groups in total. The van der Waals surface area contributed by atoms with Crippen molar-refractivity contribution in [2.24, 2.45) is 10.9 Å². The van der Waals surface area contributed by atoms with Gasteiger partial charge in [0.15, 0.2) is 5.96 Å². The van der Waals surface area contributed by atoms with E-state index in [2.05, 4.69) is 46.8 Å². The van der Waals surface area contributed by atoms with Gasteiger partial charge in [0, 0.05) is 43.1 Å². The largest absolute Gasteiger partial charge is 0.493 e. The molecule has 0 amide bonds. The first kappa shape index (κ1) is 24.2. The Hall–Kier alpha value is -1.03. The molecule has 29 heavy (non-hydrogen) atoms. The summed E-state index contributed by atoms with van der Waals surface area (Å²) < 4.78 is 12.4. The van der Waals surface area contributed by atoms with Gasteiger partial charge >= 0.3 is 0 Å². The van der Waals surface area contributed by atoms with Crippen LogP contribution in [0.25, 0.3) is 0 Å². The van der Waals surface area contributed by atoms with Crippen LogP contribution in [0, 0.1) is 12.8 Å². The van der Waals surface area contributed by atoms with Crippen LogP contribution in [0.15, 0.2) is 35.3 Å². The summed E-state index contributed by atoms with van der Waals surface area (Å²) in [6, 6.07) is 10.3. The summed E-state index contributed by atoms with van der Waals surface area (Å²) in [6.07, 6.45) is 1.99. The summed E-state index contributed by atoms with van der Waals surface area (Å²) in [4.78, 5) is 5.57. The molecule has 0 bridgehead atoms. The van der Waals surface area contributed by atoms with Crippen molar-refractivity contribution in [3.05, 3.63) is 50.7 Å². The van der Waals surface area contributed by atoms with E-state index >= 15 is 0 Å². The van der Waals surface area contributed by atoms with Gasteiger partial charge in [0.2, 0.25) is 0 Å². The average Bonchev–Trinajstić information content (AvgIpc) is 3.35. The van der Waals surface area contributed by atoms with Crippen LogP contribution in [0.3, 0.4) is 0 Å². The Labute approximate surface area is 199 Å². The average molecular weight is 550 g/mol. The number of hydrogen-bond acceptors (Lipinski definition) is 4. The second kappa shape index (κ2) is 12.6. The smallest absolute Gasteiger partial charge is 0.191 e. The van der Waals surface area contributed by atoms with Crippen LogP contribution in [0.4, 0.5) is 0 Å². The molecule has 0 radical (unpaired) electrons. The predicted octanol–water partition coefficient (Wildman–Crippen LogP) is 4.65. The molecule has 1 aliphatic rings. The minimum absolute atomic E-state index is 0. The number of ether oxygens (including phenoxy) is 2. The summed E-state index contributed by atoms with van der Waals surface area (Å²) in [5, 5.41) is 6.73. The second-order valence-corrected chi connectivity index (χ2v) is 8.76. The standard InChI is InChI=1S/C21H28ClN3O2S.HI/c1-15-3-4-17(19(11-15)27-14-16-8-10-26-13-16)12-25-21(23-2)24-9-7-18-5-6-20(22)28-18;/h3-6,11,16H,7-10,12-14H2,1-2H3,(H2,23,24,25);1H. The van der Waals surface area contributed by atoms with Crippen molar-refractivity contribution >= 4 is 52.9 Å². The van der Waals surface area contributed by atoms with Gasteiger partial charge in [0.25, 0.3) is 0 Å². The Balaban J connectivity index is 0.00000300. The first-order valence-electron chi connectivity index (χ1n) is 9.63. The molecule has 2 aromatic rings. The van der Waals surface area contributed by atoms with Crippen molar-refractivity contribution in [2.45, 2.75) is 26.3 Å². The number of aryl methyl sites for hydroxylation is 1. The quantitative estimate of drug-likeness (QED) is 0.286. The van der Waals surface area contributed by atoms with Gasteiger partial charge in [0.1, 0.15) is 5.75 Å². The zero-order valence-electron chi connectivity index (χ0n) is 16.9. The van der Waals surface area contributed by atoms with Crippen LogP contribution in [-0.2, 0) is 17.7 Å². The zero-order valence-corrected chi connectivity index (χ0v) is 20.8. The van der Waals surface area contributed by atoms with E-state index in [-0.39, 0.29) is 24.0 Å². The number of rotatable bonds is 8. The number of guanidine groups is 1. The van der Waals surface area contributed by atoms with E-state index in [4.69, 9.17) is 21.1 Å². The van der Waals surface area contributed by atoms with Crippen LogP contribution in [0.5, 0.6) is 5.75 Å². The fraction of sp³-hybridized carbons (Fsp3) is 0.476. The minimum Gasteiger partial charge on any atom is -0.493 e. The molecule has 1 aromatic heterocycles. The number of hydrogen-bond donors (Lipinski definition) is 2. The highest BCUT2D eigenvalue weighted by molar-refractivity contribution is 14.0. The lowest BCUT2D eigenvalue weighted by Gasteiger charge is -2.17. The van der Waals surface area contributed by atoms with E-state index in [0.717, 1.165) is 54.2 Å². The van der Waals surface area contributed by atoms with Crippen molar-refractivity contribution in [2.75, 3.05) is 33.4 Å². The molecule has 3 rings (SSSR count). The fourth-order valence-corrected chi connectivity index (χ4v) is 4.14. The molecular formula is C21H29ClIN3O2S. The lowest BCUT2D eigenvalue weighted by Crippen LogP contribution is -2.37. The summed E-state index contributed by atoms with van der Waals surface area (Å²) in [6.45, 7) is 5.88. The minimum atomic E-state index is 0. The predicted molar refractivity (Wildman–Crippen MR) is 132 cm³/mol. The van der Waals surface area contributed by atoms with Crippen LogP contribution < -0.4 is 15.4 Å². The molecule has 8 heteroatoms. The summed E-state index contributed by atoms with van der Waals surface area (Å²) in [5.74, 6) is 2.20. The Morgan fingerprint density at radius 1 is 1.31 bits per heavy atom. The first-order chi connectivity index (χ1) is 13.6. The summed E-state index contributed by atoms with van der Waals surface area (Å²) in [7, 11) is 1.78. The maximum absolute atomic E-state index is 6.12. The highest BCUT2D eigenvalue weighted by Gasteiger charge is 2.17. The number of nitrogens with one attached hydrogen (secondary N) is 2. The Morgan fingerprint density at radius 2 is 2.17 bits per heavy atom. The molecule has 160 valence electrons. The molecule has 1 unspecified atom stereocenters. The molecule has 1 saturated heterocycles. The van der Waals surface area contributed by atoms with E-state index in [9.17, 15) is 0 Å². The van der Waals surface area contributed by atoms with Crippen molar-refractivity contribution < 1.29 is 9.47 Å². The van der Waals surface area contributed by atoms with E-state index < -0.39 is 0 Å². The SMILES string of the molecule is CN=C(NCCc1ccc(Cl)s1)NCc1ccc(C)cc1OCC1CCOC1.I. The topological polar surface area (TPSA) is 54.9 Å². The van der Waals surface area contributed by atoms with Crippen LogP contribution >= 0.6 is 46.9 Å². The molecule has 0 aliphatic carbocycles. The molecule has 2 heterocycles. The number of benzene rings is 1. The maximum Gasteiger partial charge on any atom is 0.191 e. The van der Waals surface area contributed by atoms with Crippen molar-refractivity contribution in [3.8, 4) is 5.75 Å². The third kappa shape index (κ3) is 7.96. The van der Waals surface area contributed by atoms with E-state index in [1.165, 1.54) is 10.4 Å². The fourth-order valence-electron chi connectivity index (χ4n) is 3.05. The van der Waals surface area contributed by atoms with Gasteiger partial charge in [-0.15, -0.1) is 35.3 Å². The third-order valence-electron chi connectivity index (χ3n) is 4.68. The molecular weight excluding hydrogens is 521 g/mol. The van der Waals surface area contributed by atoms with Gasteiger partial charge in [0.05, 0.1) is 17.6 Å². The van der Waals surface area contributed by atoms with Crippen molar-refractivity contribution in [3.63, 3.8) is 0 Å². The van der Waals surface area contributed by atoms with Crippen LogP contribution in [0.2, 0.25) is 4.34 Å². The molecule has 1 aromatic carbocycles. The van der Waals surface area contributed by atoms with Crippen LogP contribution in [-0.4, -0.2) is 39.4 Å². The third-order valence-corrected chi connectivity index (χ3v) is 5.97. The van der Waals surface area contributed by atoms with Crippen molar-refractivity contribution in [1.29, 1.82) is 0 Å². The van der Waals surface area contributed by atoms with Gasteiger partial charge in [-0.2, -0.15) is 0 Å². The normalized spacial score (nSPS) is 16.4. The van der Waals surface area contributed by atoms with Gasteiger partial charge in [-0.1, -0.05) is 23.7 Å². The Bertz CT molecular complexity index is 794. The van der Waals surface area contributed by atoms with Gasteiger partial charge in [-0.3, -0.25) is 4.99 Å². The van der Waals surface area contributed by atoms with E-state index in [1.807, 2.05) is 6.07 Å². The van der Waals surface area contributed by atoms with Gasteiger partial charge in [-0.05, 0) is 43.5 Å². The molecule has 1 fully saturated rings. The van der Waals surface area contributed by atoms with Crippen molar-refractivity contribution in [1.82, 2.24) is 10.6 Å². The summed E-state index contributed by atoms with van der Waals surface area (Å²) >= 11 is 7.60. The second-order valence-electron chi connectivity index (χ2n) is 6.96. The molecule has 1 atom stereocenters. The Kier molecular flexibility index (Phi) is 10.5. The number of halogens is 2.